The summed E-state index contributed by atoms with van der Waals surface area (Å²) in [4.78, 5) is 0. The summed E-state index contributed by atoms with van der Waals surface area (Å²) in [6.07, 6.45) is 5.91. The number of fused-ring (bicyclic) bond motifs is 1. The van der Waals surface area contributed by atoms with Crippen LogP contribution in [0, 0.1) is 0 Å². The minimum absolute atomic E-state index is 0.0240. The molecule has 6 heteroatoms. The molecule has 1 aliphatic rings. The smallest absolute Gasteiger partial charge is 0.0932 e. The zero-order valence-electron chi connectivity index (χ0n) is 11.5. The lowest BCUT2D eigenvalue weighted by atomic mass is 9.83. The highest BCUT2D eigenvalue weighted by molar-refractivity contribution is 5.78. The molecule has 1 aromatic carbocycles. The second kappa shape index (κ2) is 4.98. The molecule has 3 aromatic rings. The van der Waals surface area contributed by atoms with Crippen molar-refractivity contribution in [3.8, 4) is 0 Å². The van der Waals surface area contributed by atoms with Crippen molar-refractivity contribution >= 4 is 10.9 Å². The Morgan fingerprint density at radius 1 is 1.43 bits per heavy atom. The molecule has 3 N–H and O–H groups in total. The Bertz CT molecular complexity index is 735. The van der Waals surface area contributed by atoms with Crippen LogP contribution in [0.25, 0.3) is 10.9 Å². The third-order valence-electron chi connectivity index (χ3n) is 4.21. The Labute approximate surface area is 121 Å². The van der Waals surface area contributed by atoms with Gasteiger partial charge in [0, 0.05) is 30.4 Å². The minimum atomic E-state index is -0.322. The monoisotopic (exact) mass is 283 g/mol. The number of H-pyrrole nitrogens is 1. The predicted molar refractivity (Wildman–Crippen MR) is 78.6 cm³/mol. The largest absolute Gasteiger partial charge is 0.391 e. The summed E-state index contributed by atoms with van der Waals surface area (Å²) in [5.74, 6) is 0. The number of nitrogens with one attached hydrogen (secondary N) is 2. The average Bonchev–Trinajstić information content (AvgIpc) is 3.13. The van der Waals surface area contributed by atoms with Crippen LogP contribution in [0.5, 0.6) is 0 Å². The number of hydrogen-bond donors (Lipinski definition) is 3. The molecule has 4 rings (SSSR count). The SMILES string of the molecule is O[C@@H]1C[C@H](NCc2ccc3cn[nH]c3c2)[C@H]1n1cccn1. The second-order valence-electron chi connectivity index (χ2n) is 5.56. The number of aliphatic hydroxyl groups is 1. The molecule has 108 valence electrons. The van der Waals surface area contributed by atoms with Gasteiger partial charge < -0.3 is 10.4 Å². The molecule has 6 nitrogen and oxygen atoms in total. The molecule has 0 bridgehead atoms. The summed E-state index contributed by atoms with van der Waals surface area (Å²) in [6, 6.07) is 8.43. The first kappa shape index (κ1) is 12.6. The molecule has 1 fully saturated rings. The lowest BCUT2D eigenvalue weighted by Gasteiger charge is -2.42. The van der Waals surface area contributed by atoms with Crippen LogP contribution in [0.3, 0.4) is 0 Å². The number of rotatable bonds is 4. The lowest BCUT2D eigenvalue weighted by molar-refractivity contribution is -0.00821. The van der Waals surface area contributed by atoms with Gasteiger partial charge in [0.2, 0.25) is 0 Å². The van der Waals surface area contributed by atoms with Crippen LogP contribution in [-0.4, -0.2) is 37.2 Å². The Morgan fingerprint density at radius 3 is 3.19 bits per heavy atom. The van der Waals surface area contributed by atoms with Crippen molar-refractivity contribution in [2.75, 3.05) is 0 Å². The number of benzene rings is 1. The van der Waals surface area contributed by atoms with E-state index in [-0.39, 0.29) is 18.2 Å². The van der Waals surface area contributed by atoms with Gasteiger partial charge >= 0.3 is 0 Å². The molecule has 0 aliphatic heterocycles. The molecule has 0 radical (unpaired) electrons. The van der Waals surface area contributed by atoms with E-state index in [1.54, 1.807) is 6.20 Å². The molecule has 1 aliphatic carbocycles. The molecule has 1 saturated carbocycles. The summed E-state index contributed by atoms with van der Waals surface area (Å²) >= 11 is 0. The van der Waals surface area contributed by atoms with E-state index in [1.807, 2.05) is 23.1 Å². The average molecular weight is 283 g/mol. The van der Waals surface area contributed by atoms with E-state index in [0.717, 1.165) is 23.9 Å². The van der Waals surface area contributed by atoms with Gasteiger partial charge in [-0.05, 0) is 24.1 Å². The first-order chi connectivity index (χ1) is 10.3. The third kappa shape index (κ3) is 2.22. The summed E-state index contributed by atoms with van der Waals surface area (Å²) in [6.45, 7) is 0.768. The summed E-state index contributed by atoms with van der Waals surface area (Å²) in [5.41, 5.74) is 2.25. The molecule has 2 aromatic heterocycles. The Balaban J connectivity index is 1.44. The molecular weight excluding hydrogens is 266 g/mol. The van der Waals surface area contributed by atoms with Gasteiger partial charge in [0.1, 0.15) is 0 Å². The van der Waals surface area contributed by atoms with Crippen LogP contribution in [0.15, 0.2) is 42.9 Å². The van der Waals surface area contributed by atoms with Crippen molar-refractivity contribution in [1.82, 2.24) is 25.3 Å². The van der Waals surface area contributed by atoms with Crippen molar-refractivity contribution in [3.63, 3.8) is 0 Å². The third-order valence-corrected chi connectivity index (χ3v) is 4.21. The molecular formula is C15H17N5O. The van der Waals surface area contributed by atoms with E-state index in [4.69, 9.17) is 0 Å². The van der Waals surface area contributed by atoms with Gasteiger partial charge in [0.25, 0.3) is 0 Å². The number of hydrogen-bond acceptors (Lipinski definition) is 4. The summed E-state index contributed by atoms with van der Waals surface area (Å²) < 4.78 is 1.84. The molecule has 0 unspecified atom stereocenters. The van der Waals surface area contributed by atoms with E-state index >= 15 is 0 Å². The topological polar surface area (TPSA) is 78.8 Å². The number of aromatic nitrogens is 4. The molecule has 21 heavy (non-hydrogen) atoms. The molecule has 2 heterocycles. The number of aromatic amines is 1. The fourth-order valence-electron chi connectivity index (χ4n) is 2.98. The van der Waals surface area contributed by atoms with E-state index in [1.165, 1.54) is 5.56 Å². The summed E-state index contributed by atoms with van der Waals surface area (Å²) in [7, 11) is 0. The maximum Gasteiger partial charge on any atom is 0.0932 e. The Kier molecular flexibility index (Phi) is 2.98. The quantitative estimate of drug-likeness (QED) is 0.673. The van der Waals surface area contributed by atoms with Crippen LogP contribution < -0.4 is 5.32 Å². The number of nitrogens with zero attached hydrogens (tertiary/aromatic N) is 3. The van der Waals surface area contributed by atoms with Gasteiger partial charge in [0.05, 0.1) is 23.9 Å². The van der Waals surface area contributed by atoms with E-state index in [0.29, 0.717) is 0 Å². The maximum atomic E-state index is 9.95. The highest BCUT2D eigenvalue weighted by atomic mass is 16.3. The van der Waals surface area contributed by atoms with Gasteiger partial charge in [-0.15, -0.1) is 0 Å². The first-order valence-electron chi connectivity index (χ1n) is 7.14. The van der Waals surface area contributed by atoms with Crippen molar-refractivity contribution in [2.24, 2.45) is 0 Å². The van der Waals surface area contributed by atoms with E-state index in [9.17, 15) is 5.11 Å². The predicted octanol–water partition coefficient (Wildman–Crippen LogP) is 1.22. The standard InChI is InChI=1S/C15H17N5O/c21-14-7-13(15(14)20-5-1-4-18-20)16-8-10-2-3-11-9-17-19-12(11)6-10/h1-6,9,13-16,21H,7-8H2,(H,17,19)/t13-,14+,15+/m0/s1. The summed E-state index contributed by atoms with van der Waals surface area (Å²) in [5, 5.41) is 25.8. The van der Waals surface area contributed by atoms with E-state index in [2.05, 4.69) is 38.8 Å². The zero-order valence-corrected chi connectivity index (χ0v) is 11.5. The van der Waals surface area contributed by atoms with Gasteiger partial charge in [-0.3, -0.25) is 9.78 Å². The van der Waals surface area contributed by atoms with Crippen LogP contribution >= 0.6 is 0 Å². The van der Waals surface area contributed by atoms with Crippen molar-refractivity contribution in [1.29, 1.82) is 0 Å². The minimum Gasteiger partial charge on any atom is -0.391 e. The van der Waals surface area contributed by atoms with Gasteiger partial charge in [-0.2, -0.15) is 10.2 Å². The van der Waals surface area contributed by atoms with Crippen molar-refractivity contribution in [3.05, 3.63) is 48.4 Å². The lowest BCUT2D eigenvalue weighted by Crippen LogP contribution is -2.54. The van der Waals surface area contributed by atoms with Crippen LogP contribution in [-0.2, 0) is 6.54 Å². The fraction of sp³-hybridized carbons (Fsp3) is 0.333. The van der Waals surface area contributed by atoms with Gasteiger partial charge in [-0.25, -0.2) is 0 Å². The van der Waals surface area contributed by atoms with Crippen LogP contribution in [0.4, 0.5) is 0 Å². The van der Waals surface area contributed by atoms with Crippen LogP contribution in [0.2, 0.25) is 0 Å². The second-order valence-corrected chi connectivity index (χ2v) is 5.56. The fourth-order valence-corrected chi connectivity index (χ4v) is 2.98. The Morgan fingerprint density at radius 2 is 2.38 bits per heavy atom. The maximum absolute atomic E-state index is 9.95. The molecule has 0 amide bonds. The number of aliphatic hydroxyl groups excluding tert-OH is 1. The Hall–Kier alpha value is -2.18. The molecule has 3 atom stereocenters. The molecule has 0 spiro atoms. The van der Waals surface area contributed by atoms with Gasteiger partial charge in [0.15, 0.2) is 0 Å². The normalized spacial score (nSPS) is 25.1. The van der Waals surface area contributed by atoms with Crippen molar-refractivity contribution in [2.45, 2.75) is 31.2 Å². The van der Waals surface area contributed by atoms with Gasteiger partial charge in [-0.1, -0.05) is 12.1 Å². The molecule has 0 saturated heterocycles. The first-order valence-corrected chi connectivity index (χ1v) is 7.14. The van der Waals surface area contributed by atoms with Crippen LogP contribution in [0.1, 0.15) is 18.0 Å². The highest BCUT2D eigenvalue weighted by Gasteiger charge is 2.41. The highest BCUT2D eigenvalue weighted by Crippen LogP contribution is 2.32. The zero-order chi connectivity index (χ0) is 14.2. The van der Waals surface area contributed by atoms with E-state index < -0.39 is 0 Å². The van der Waals surface area contributed by atoms with Crippen molar-refractivity contribution < 1.29 is 5.11 Å².